The fourth-order valence-corrected chi connectivity index (χ4v) is 1.88. The number of methoxy groups -OCH3 is 2. The summed E-state index contributed by atoms with van der Waals surface area (Å²) in [4.78, 5) is 15.4. The van der Waals surface area contributed by atoms with Gasteiger partial charge in [-0.25, -0.2) is 4.98 Å². The highest BCUT2D eigenvalue weighted by Crippen LogP contribution is 2.11. The molecule has 1 aromatic rings. The van der Waals surface area contributed by atoms with Gasteiger partial charge >= 0.3 is 5.97 Å². The zero-order chi connectivity index (χ0) is 14.3. The van der Waals surface area contributed by atoms with Crippen molar-refractivity contribution >= 4 is 5.97 Å². The monoisotopic (exact) mass is 266 g/mol. The molecule has 106 valence electrons. The summed E-state index contributed by atoms with van der Waals surface area (Å²) in [7, 11) is 3.01. The average Bonchev–Trinajstić information content (AvgIpc) is 2.44. The lowest BCUT2D eigenvalue weighted by molar-refractivity contribution is -0.145. The number of hydrogen-bond acceptors (Lipinski definition) is 5. The molecule has 0 aromatic carbocycles. The number of ether oxygens (including phenoxy) is 2. The first kappa shape index (κ1) is 15.4. The van der Waals surface area contributed by atoms with E-state index >= 15 is 0 Å². The van der Waals surface area contributed by atoms with Gasteiger partial charge in [-0.2, -0.15) is 0 Å². The molecule has 1 rings (SSSR count). The highest BCUT2D eigenvalue weighted by atomic mass is 16.5. The summed E-state index contributed by atoms with van der Waals surface area (Å²) in [6.45, 7) is 4.64. The Morgan fingerprint density at radius 3 is 2.79 bits per heavy atom. The maximum Gasteiger partial charge on any atom is 0.308 e. The Labute approximate surface area is 114 Å². The maximum atomic E-state index is 11.3. The Morgan fingerprint density at radius 1 is 1.42 bits per heavy atom. The number of aromatic nitrogens is 1. The molecule has 5 heteroatoms. The SMILES string of the molecule is COC(=O)[C@H](C)C[C@H](C)NCc1ccnc(OC)c1. The van der Waals surface area contributed by atoms with Crippen LogP contribution in [0.4, 0.5) is 0 Å². The van der Waals surface area contributed by atoms with E-state index in [4.69, 9.17) is 9.47 Å². The Balaban J connectivity index is 2.41. The van der Waals surface area contributed by atoms with Crippen LogP contribution < -0.4 is 10.1 Å². The number of nitrogens with zero attached hydrogens (tertiary/aromatic N) is 1. The molecule has 0 spiro atoms. The fraction of sp³-hybridized carbons (Fsp3) is 0.571. The fourth-order valence-electron chi connectivity index (χ4n) is 1.88. The van der Waals surface area contributed by atoms with Crippen molar-refractivity contribution in [3.63, 3.8) is 0 Å². The van der Waals surface area contributed by atoms with Crippen LogP contribution in [0.25, 0.3) is 0 Å². The van der Waals surface area contributed by atoms with Crippen LogP contribution in [0.1, 0.15) is 25.8 Å². The highest BCUT2D eigenvalue weighted by Gasteiger charge is 2.16. The van der Waals surface area contributed by atoms with Gasteiger partial charge in [0.05, 0.1) is 20.1 Å². The van der Waals surface area contributed by atoms with Gasteiger partial charge in [0.2, 0.25) is 5.88 Å². The van der Waals surface area contributed by atoms with Gasteiger partial charge < -0.3 is 14.8 Å². The predicted octanol–water partition coefficient (Wildman–Crippen LogP) is 1.77. The molecule has 1 N–H and O–H groups in total. The molecule has 0 amide bonds. The predicted molar refractivity (Wildman–Crippen MR) is 72.9 cm³/mol. The Morgan fingerprint density at radius 2 is 2.16 bits per heavy atom. The van der Waals surface area contributed by atoms with Crippen molar-refractivity contribution < 1.29 is 14.3 Å². The number of carbonyl (C=O) groups excluding carboxylic acids is 1. The highest BCUT2D eigenvalue weighted by molar-refractivity contribution is 5.71. The van der Waals surface area contributed by atoms with Crippen LogP contribution in [0, 0.1) is 5.92 Å². The van der Waals surface area contributed by atoms with Crippen LogP contribution in [-0.4, -0.2) is 31.2 Å². The minimum absolute atomic E-state index is 0.0977. The van der Waals surface area contributed by atoms with Gasteiger partial charge in [0.25, 0.3) is 0 Å². The zero-order valence-corrected chi connectivity index (χ0v) is 12.0. The van der Waals surface area contributed by atoms with Gasteiger partial charge in [0.15, 0.2) is 0 Å². The summed E-state index contributed by atoms with van der Waals surface area (Å²) in [6, 6.07) is 4.06. The van der Waals surface area contributed by atoms with Gasteiger partial charge in [-0.3, -0.25) is 4.79 Å². The number of pyridine rings is 1. The van der Waals surface area contributed by atoms with E-state index in [1.807, 2.05) is 19.1 Å². The number of rotatable bonds is 7. The number of nitrogens with one attached hydrogen (secondary N) is 1. The number of esters is 1. The number of carbonyl (C=O) groups is 1. The summed E-state index contributed by atoms with van der Waals surface area (Å²) in [5, 5.41) is 3.37. The van der Waals surface area contributed by atoms with E-state index in [0.29, 0.717) is 12.4 Å². The van der Waals surface area contributed by atoms with Crippen LogP contribution >= 0.6 is 0 Å². The van der Waals surface area contributed by atoms with Crippen LogP contribution in [0.15, 0.2) is 18.3 Å². The molecule has 0 bridgehead atoms. The normalized spacial score (nSPS) is 13.7. The van der Waals surface area contributed by atoms with E-state index in [1.165, 1.54) is 7.11 Å². The second kappa shape index (κ2) is 7.74. The van der Waals surface area contributed by atoms with Gasteiger partial charge in [-0.05, 0) is 25.0 Å². The second-order valence-electron chi connectivity index (χ2n) is 4.65. The van der Waals surface area contributed by atoms with Crippen LogP contribution in [0.3, 0.4) is 0 Å². The molecule has 5 nitrogen and oxygen atoms in total. The maximum absolute atomic E-state index is 11.3. The van der Waals surface area contributed by atoms with Crippen molar-refractivity contribution in [1.29, 1.82) is 0 Å². The van der Waals surface area contributed by atoms with Crippen molar-refractivity contribution in [2.45, 2.75) is 32.9 Å². The minimum atomic E-state index is -0.167. The van der Waals surface area contributed by atoms with Crippen molar-refractivity contribution in [1.82, 2.24) is 10.3 Å². The molecule has 0 aliphatic heterocycles. The van der Waals surface area contributed by atoms with E-state index in [-0.39, 0.29) is 17.9 Å². The summed E-state index contributed by atoms with van der Waals surface area (Å²) in [6.07, 6.45) is 2.46. The Bertz CT molecular complexity index is 409. The molecular weight excluding hydrogens is 244 g/mol. The molecule has 19 heavy (non-hydrogen) atoms. The van der Waals surface area contributed by atoms with E-state index < -0.39 is 0 Å². The third-order valence-corrected chi connectivity index (χ3v) is 2.97. The largest absolute Gasteiger partial charge is 0.481 e. The third-order valence-electron chi connectivity index (χ3n) is 2.97. The quantitative estimate of drug-likeness (QED) is 0.762. The van der Waals surface area contributed by atoms with Crippen LogP contribution in [0.2, 0.25) is 0 Å². The second-order valence-corrected chi connectivity index (χ2v) is 4.65. The molecule has 0 aliphatic rings. The summed E-state index contributed by atoms with van der Waals surface area (Å²) in [5.74, 6) is 0.341. The molecule has 1 aromatic heterocycles. The van der Waals surface area contributed by atoms with Gasteiger partial charge in [-0.1, -0.05) is 6.92 Å². The van der Waals surface area contributed by atoms with E-state index in [2.05, 4.69) is 17.2 Å². The van der Waals surface area contributed by atoms with E-state index in [0.717, 1.165) is 12.0 Å². The minimum Gasteiger partial charge on any atom is -0.481 e. The molecule has 0 aliphatic carbocycles. The lowest BCUT2D eigenvalue weighted by Gasteiger charge is -2.17. The Hall–Kier alpha value is -1.62. The third kappa shape index (κ3) is 5.26. The molecule has 1 heterocycles. The van der Waals surface area contributed by atoms with E-state index in [1.54, 1.807) is 13.3 Å². The topological polar surface area (TPSA) is 60.5 Å². The first-order valence-corrected chi connectivity index (χ1v) is 6.37. The smallest absolute Gasteiger partial charge is 0.308 e. The first-order valence-electron chi connectivity index (χ1n) is 6.37. The van der Waals surface area contributed by atoms with Gasteiger partial charge in [0.1, 0.15) is 0 Å². The van der Waals surface area contributed by atoms with Crippen molar-refractivity contribution in [3.05, 3.63) is 23.9 Å². The van der Waals surface area contributed by atoms with Crippen LogP contribution in [0.5, 0.6) is 5.88 Å². The molecule has 0 unspecified atom stereocenters. The zero-order valence-electron chi connectivity index (χ0n) is 12.0. The van der Waals surface area contributed by atoms with Gasteiger partial charge in [0, 0.05) is 24.8 Å². The first-order chi connectivity index (χ1) is 9.06. The molecule has 0 radical (unpaired) electrons. The molecule has 2 atom stereocenters. The van der Waals surface area contributed by atoms with Crippen LogP contribution in [-0.2, 0) is 16.1 Å². The summed E-state index contributed by atoms with van der Waals surface area (Å²) in [5.41, 5.74) is 1.10. The molecular formula is C14H22N2O3. The van der Waals surface area contributed by atoms with Crippen molar-refractivity contribution in [2.24, 2.45) is 5.92 Å². The summed E-state index contributed by atoms with van der Waals surface area (Å²) >= 11 is 0. The molecule has 0 saturated heterocycles. The Kier molecular flexibility index (Phi) is 6.29. The van der Waals surface area contributed by atoms with Crippen molar-refractivity contribution in [2.75, 3.05) is 14.2 Å². The van der Waals surface area contributed by atoms with Crippen molar-refractivity contribution in [3.8, 4) is 5.88 Å². The standard InChI is InChI=1S/C14H22N2O3/c1-10(14(17)19-4)7-11(2)16-9-12-5-6-15-13(8-12)18-3/h5-6,8,10-11,16H,7,9H2,1-4H3/t10-,11+/m1/s1. The molecule has 0 saturated carbocycles. The number of hydrogen-bond donors (Lipinski definition) is 1. The van der Waals surface area contributed by atoms with E-state index in [9.17, 15) is 4.79 Å². The lowest BCUT2D eigenvalue weighted by Crippen LogP contribution is -2.29. The van der Waals surface area contributed by atoms with Gasteiger partial charge in [-0.15, -0.1) is 0 Å². The average molecular weight is 266 g/mol. The molecule has 0 fully saturated rings. The summed E-state index contributed by atoms with van der Waals surface area (Å²) < 4.78 is 9.79. The lowest BCUT2D eigenvalue weighted by atomic mass is 10.0.